The van der Waals surface area contributed by atoms with E-state index < -0.39 is 47.6 Å². The maximum Gasteiger partial charge on any atom is 0.415 e. The highest BCUT2D eigenvalue weighted by molar-refractivity contribution is 6.05. The molecule has 1 saturated carbocycles. The van der Waals surface area contributed by atoms with Crippen LogP contribution in [-0.4, -0.2) is 64.9 Å². The Morgan fingerprint density at radius 2 is 1.65 bits per heavy atom. The number of ether oxygens (including phenoxy) is 4. The minimum atomic E-state index is -0.995. The third-order valence-corrected chi connectivity index (χ3v) is 7.13. The highest BCUT2D eigenvalue weighted by Gasteiger charge is 2.34. The van der Waals surface area contributed by atoms with Crippen molar-refractivity contribution in [3.8, 4) is 17.0 Å². The normalized spacial score (nSPS) is 17.7. The summed E-state index contributed by atoms with van der Waals surface area (Å²) in [5, 5.41) is 5.62. The van der Waals surface area contributed by atoms with Gasteiger partial charge in [0.2, 0.25) is 5.88 Å². The van der Waals surface area contributed by atoms with Gasteiger partial charge in [0.1, 0.15) is 41.6 Å². The van der Waals surface area contributed by atoms with Gasteiger partial charge in [-0.1, -0.05) is 0 Å². The number of nitrogens with zero attached hydrogens (tertiary/aromatic N) is 3. The van der Waals surface area contributed by atoms with Crippen molar-refractivity contribution in [2.45, 2.75) is 84.8 Å². The van der Waals surface area contributed by atoms with Gasteiger partial charge in [-0.3, -0.25) is 15.5 Å². The molecule has 0 saturated heterocycles. The molecule has 2 aliphatic rings. The minimum absolute atomic E-state index is 0.0317. The van der Waals surface area contributed by atoms with E-state index in [9.17, 15) is 18.8 Å². The molecule has 2 N–H and O–H groups in total. The summed E-state index contributed by atoms with van der Waals surface area (Å²) in [7, 11) is 0. The third-order valence-electron chi connectivity index (χ3n) is 7.13. The number of anilines is 3. The second-order valence-electron chi connectivity index (χ2n) is 13.2. The number of carbonyl (C=O) groups excluding carboxylic acids is 3. The van der Waals surface area contributed by atoms with Gasteiger partial charge in [-0.05, 0) is 71.5 Å². The number of nitrogens with one attached hydrogen (secondary N) is 2. The zero-order valence-corrected chi connectivity index (χ0v) is 26.7. The van der Waals surface area contributed by atoms with E-state index in [0.29, 0.717) is 22.2 Å². The molecule has 1 aliphatic carbocycles. The number of alkyl halides is 1. The number of rotatable bonds is 4. The van der Waals surface area contributed by atoms with Gasteiger partial charge in [0, 0.05) is 41.7 Å². The number of hydrogen-bond acceptors (Lipinski definition) is 9. The molecule has 1 fully saturated rings. The molecule has 14 heteroatoms. The van der Waals surface area contributed by atoms with Gasteiger partial charge >= 0.3 is 18.3 Å². The summed E-state index contributed by atoms with van der Waals surface area (Å²) in [5.74, 6) is -0.540. The number of benzene rings is 1. The van der Waals surface area contributed by atoms with Crippen molar-refractivity contribution < 1.29 is 42.1 Å². The first kappa shape index (κ1) is 32.6. The third kappa shape index (κ3) is 7.21. The highest BCUT2D eigenvalue weighted by Crippen LogP contribution is 2.42. The lowest BCUT2D eigenvalue weighted by Gasteiger charge is -2.32. The van der Waals surface area contributed by atoms with Crippen LogP contribution in [0.15, 0.2) is 24.5 Å². The van der Waals surface area contributed by atoms with Crippen molar-refractivity contribution in [1.29, 1.82) is 0 Å². The quantitative estimate of drug-likeness (QED) is 0.281. The van der Waals surface area contributed by atoms with E-state index in [2.05, 4.69) is 20.6 Å². The van der Waals surface area contributed by atoms with E-state index in [1.54, 1.807) is 48.5 Å². The first-order valence-corrected chi connectivity index (χ1v) is 14.9. The Bertz CT molecular complexity index is 1700. The van der Waals surface area contributed by atoms with Gasteiger partial charge in [-0.2, -0.15) is 0 Å². The van der Waals surface area contributed by atoms with Crippen LogP contribution < -0.4 is 20.3 Å². The van der Waals surface area contributed by atoms with Crippen molar-refractivity contribution >= 4 is 46.2 Å². The standard InChI is InChI=1S/C32H37F2N5O7/c1-16-21(14-36-27-26(16)39(8-9-43-27)30(42)46-32(5,6)7)20-10-17-11-23(37-28(40)44-19-12-18(33)13-19)35-15-22(17)25(24(20)34)38-29(41)45-31(2,3)4/h10-11,14-15,18-19H,8-9,12-13H2,1-7H3,(H,38,41)(H,35,37,40). The molecule has 3 amide bonds. The van der Waals surface area contributed by atoms with Crippen LogP contribution in [0.1, 0.15) is 59.9 Å². The Kier molecular flexibility index (Phi) is 8.67. The Balaban J connectivity index is 1.59. The lowest BCUT2D eigenvalue weighted by Crippen LogP contribution is -2.42. The lowest BCUT2D eigenvalue weighted by atomic mass is 9.94. The molecule has 0 spiro atoms. The van der Waals surface area contributed by atoms with Crippen LogP contribution in [0, 0.1) is 12.7 Å². The largest absolute Gasteiger partial charge is 0.474 e. The number of aromatic nitrogens is 2. The van der Waals surface area contributed by atoms with Crippen molar-refractivity contribution in [3.63, 3.8) is 0 Å². The van der Waals surface area contributed by atoms with Crippen molar-refractivity contribution in [2.75, 3.05) is 28.7 Å². The highest BCUT2D eigenvalue weighted by atomic mass is 19.1. The summed E-state index contributed by atoms with van der Waals surface area (Å²) < 4.78 is 51.6. The fraction of sp³-hybridized carbons (Fsp3) is 0.469. The first-order chi connectivity index (χ1) is 21.5. The number of hydrogen-bond donors (Lipinski definition) is 2. The molecule has 5 rings (SSSR count). The summed E-state index contributed by atoms with van der Waals surface area (Å²) in [4.78, 5) is 48.4. The summed E-state index contributed by atoms with van der Waals surface area (Å²) in [6.07, 6.45) is -0.860. The molecule has 0 bridgehead atoms. The predicted octanol–water partition coefficient (Wildman–Crippen LogP) is 7.27. The number of pyridine rings is 2. The first-order valence-electron chi connectivity index (χ1n) is 14.9. The van der Waals surface area contributed by atoms with Crippen LogP contribution in [0.25, 0.3) is 21.9 Å². The summed E-state index contributed by atoms with van der Waals surface area (Å²) >= 11 is 0. The Hall–Kier alpha value is -4.75. The van der Waals surface area contributed by atoms with E-state index in [4.69, 9.17) is 18.9 Å². The molecular weight excluding hydrogens is 604 g/mol. The fourth-order valence-corrected chi connectivity index (χ4v) is 5.06. The number of fused-ring (bicyclic) bond motifs is 2. The second kappa shape index (κ2) is 12.2. The zero-order valence-electron chi connectivity index (χ0n) is 26.7. The smallest absolute Gasteiger partial charge is 0.415 e. The molecular formula is C32H37F2N5O7. The topological polar surface area (TPSA) is 141 Å². The Morgan fingerprint density at radius 3 is 2.30 bits per heavy atom. The Labute approximate surface area is 264 Å². The molecule has 246 valence electrons. The number of carbonyl (C=O) groups is 3. The van der Waals surface area contributed by atoms with E-state index in [1.165, 1.54) is 29.4 Å². The lowest BCUT2D eigenvalue weighted by molar-refractivity contribution is 0.00917. The SMILES string of the molecule is Cc1c(-c2cc3cc(NC(=O)OC4CC(F)C4)ncc3c(NC(=O)OC(C)(C)C)c2F)cnc2c1N(C(=O)OC(C)(C)C)CCO2. The van der Waals surface area contributed by atoms with E-state index in [0.717, 1.165) is 0 Å². The van der Waals surface area contributed by atoms with Crippen LogP contribution in [-0.2, 0) is 14.2 Å². The van der Waals surface area contributed by atoms with Crippen LogP contribution >= 0.6 is 0 Å². The number of halogens is 2. The number of amides is 3. The van der Waals surface area contributed by atoms with Gasteiger partial charge in [0.15, 0.2) is 5.82 Å². The van der Waals surface area contributed by atoms with Gasteiger partial charge in [-0.25, -0.2) is 33.1 Å². The van der Waals surface area contributed by atoms with Gasteiger partial charge < -0.3 is 18.9 Å². The van der Waals surface area contributed by atoms with Crippen molar-refractivity contribution in [3.05, 3.63) is 35.9 Å². The van der Waals surface area contributed by atoms with Crippen LogP contribution in [0.5, 0.6) is 5.88 Å². The van der Waals surface area contributed by atoms with E-state index >= 15 is 4.39 Å². The molecule has 12 nitrogen and oxygen atoms in total. The summed E-state index contributed by atoms with van der Waals surface area (Å²) in [6, 6.07) is 3.00. The van der Waals surface area contributed by atoms with Gasteiger partial charge in [0.05, 0.1) is 12.2 Å². The fourth-order valence-electron chi connectivity index (χ4n) is 5.06. The molecule has 3 heterocycles. The second-order valence-corrected chi connectivity index (χ2v) is 13.2. The monoisotopic (exact) mass is 641 g/mol. The zero-order chi connectivity index (χ0) is 33.6. The maximum atomic E-state index is 16.5. The predicted molar refractivity (Wildman–Crippen MR) is 167 cm³/mol. The average molecular weight is 642 g/mol. The van der Waals surface area contributed by atoms with Crippen molar-refractivity contribution in [2.24, 2.45) is 0 Å². The van der Waals surface area contributed by atoms with Crippen LogP contribution in [0.2, 0.25) is 0 Å². The molecule has 2 aromatic heterocycles. The van der Waals surface area contributed by atoms with E-state index in [1.807, 2.05) is 0 Å². The Morgan fingerprint density at radius 1 is 0.957 bits per heavy atom. The molecule has 0 unspecified atom stereocenters. The average Bonchev–Trinajstić information content (AvgIpc) is 2.92. The summed E-state index contributed by atoms with van der Waals surface area (Å²) in [5.41, 5.74) is -0.711. The molecule has 46 heavy (non-hydrogen) atoms. The maximum absolute atomic E-state index is 16.5. The molecule has 1 aliphatic heterocycles. The van der Waals surface area contributed by atoms with Crippen LogP contribution in [0.3, 0.4) is 0 Å². The van der Waals surface area contributed by atoms with E-state index in [-0.39, 0.29) is 54.3 Å². The van der Waals surface area contributed by atoms with Crippen molar-refractivity contribution in [1.82, 2.24) is 9.97 Å². The molecule has 1 aromatic carbocycles. The van der Waals surface area contributed by atoms with Gasteiger partial charge in [0.25, 0.3) is 0 Å². The molecule has 0 radical (unpaired) electrons. The summed E-state index contributed by atoms with van der Waals surface area (Å²) in [6.45, 7) is 12.3. The molecule has 0 atom stereocenters. The van der Waals surface area contributed by atoms with Gasteiger partial charge in [-0.15, -0.1) is 0 Å². The van der Waals surface area contributed by atoms with Crippen LogP contribution in [0.4, 0.5) is 40.4 Å². The minimum Gasteiger partial charge on any atom is -0.474 e. The molecule has 3 aromatic rings.